The molecule has 0 aliphatic carbocycles. The Labute approximate surface area is 108 Å². The fraction of sp³-hybridized carbons (Fsp3) is 0.615. The van der Waals surface area contributed by atoms with E-state index in [1.54, 1.807) is 12.1 Å². The van der Waals surface area contributed by atoms with Crippen LogP contribution in [0.5, 0.6) is 0 Å². The summed E-state index contributed by atoms with van der Waals surface area (Å²) in [6, 6.07) is 3.32. The molecule has 1 aromatic rings. The van der Waals surface area contributed by atoms with E-state index in [2.05, 4.69) is 22.4 Å². The molecule has 0 aliphatic rings. The maximum absolute atomic E-state index is 11.8. The van der Waals surface area contributed by atoms with Crippen molar-refractivity contribution >= 4 is 11.7 Å². The van der Waals surface area contributed by atoms with E-state index in [0.29, 0.717) is 11.5 Å². The zero-order valence-corrected chi connectivity index (χ0v) is 11.1. The molecule has 5 heteroatoms. The molecule has 1 unspecified atom stereocenters. The van der Waals surface area contributed by atoms with E-state index < -0.39 is 0 Å². The lowest BCUT2D eigenvalue weighted by Crippen LogP contribution is -2.33. The lowest BCUT2D eigenvalue weighted by Gasteiger charge is -2.13. The highest BCUT2D eigenvalue weighted by atomic mass is 16.2. The van der Waals surface area contributed by atoms with Crippen molar-refractivity contribution in [3.8, 4) is 0 Å². The molecule has 100 valence electrons. The van der Waals surface area contributed by atoms with Crippen LogP contribution in [0.3, 0.4) is 0 Å². The molecule has 1 atom stereocenters. The maximum Gasteiger partial charge on any atom is 0.272 e. The van der Waals surface area contributed by atoms with Gasteiger partial charge >= 0.3 is 0 Å². The summed E-state index contributed by atoms with van der Waals surface area (Å²) in [5.74, 6) is 0.129. The first-order chi connectivity index (χ1) is 8.63. The van der Waals surface area contributed by atoms with E-state index >= 15 is 0 Å². The predicted molar refractivity (Wildman–Crippen MR) is 72.1 cm³/mol. The van der Waals surface area contributed by atoms with Gasteiger partial charge in [-0.05, 0) is 25.5 Å². The molecule has 1 rings (SSSR count). The summed E-state index contributed by atoms with van der Waals surface area (Å²) in [5, 5.41) is 10.3. The van der Waals surface area contributed by atoms with Crippen LogP contribution in [-0.2, 0) is 0 Å². The second-order valence-corrected chi connectivity index (χ2v) is 4.57. The summed E-state index contributed by atoms with van der Waals surface area (Å²) in [6.45, 7) is 4.19. The van der Waals surface area contributed by atoms with Crippen LogP contribution in [0.15, 0.2) is 12.1 Å². The number of nitrogens with two attached hydrogens (primary N) is 1. The SMILES string of the molecule is CCCCCCC(C)NC(=O)c1ccc(N)nn1. The third-order valence-corrected chi connectivity index (χ3v) is 2.79. The number of rotatable bonds is 7. The van der Waals surface area contributed by atoms with Gasteiger partial charge < -0.3 is 11.1 Å². The summed E-state index contributed by atoms with van der Waals surface area (Å²) in [7, 11) is 0. The van der Waals surface area contributed by atoms with Gasteiger partial charge in [-0.1, -0.05) is 32.6 Å². The summed E-state index contributed by atoms with van der Waals surface area (Å²) >= 11 is 0. The smallest absolute Gasteiger partial charge is 0.272 e. The second-order valence-electron chi connectivity index (χ2n) is 4.57. The molecule has 0 bridgehead atoms. The van der Waals surface area contributed by atoms with Crippen molar-refractivity contribution in [1.29, 1.82) is 0 Å². The molecule has 0 aliphatic heterocycles. The molecular weight excluding hydrogens is 228 g/mol. The van der Waals surface area contributed by atoms with Crippen molar-refractivity contribution in [2.75, 3.05) is 5.73 Å². The molecule has 1 amide bonds. The van der Waals surface area contributed by atoms with Crippen LogP contribution in [0.2, 0.25) is 0 Å². The quantitative estimate of drug-likeness (QED) is 0.726. The first-order valence-electron chi connectivity index (χ1n) is 6.53. The van der Waals surface area contributed by atoms with E-state index in [1.807, 2.05) is 6.92 Å². The topological polar surface area (TPSA) is 80.9 Å². The lowest BCUT2D eigenvalue weighted by molar-refractivity contribution is 0.0932. The molecule has 1 heterocycles. The Hall–Kier alpha value is -1.65. The van der Waals surface area contributed by atoms with E-state index in [9.17, 15) is 4.79 Å². The van der Waals surface area contributed by atoms with E-state index in [0.717, 1.165) is 12.8 Å². The molecule has 5 nitrogen and oxygen atoms in total. The number of carbonyl (C=O) groups is 1. The number of unbranched alkanes of at least 4 members (excludes halogenated alkanes) is 3. The number of nitrogens with one attached hydrogen (secondary N) is 1. The minimum atomic E-state index is -0.189. The van der Waals surface area contributed by atoms with Gasteiger partial charge in [-0.2, -0.15) is 0 Å². The Kier molecular flexibility index (Phi) is 6.11. The van der Waals surface area contributed by atoms with E-state index in [1.165, 1.54) is 19.3 Å². The van der Waals surface area contributed by atoms with Crippen molar-refractivity contribution < 1.29 is 4.79 Å². The van der Waals surface area contributed by atoms with Gasteiger partial charge in [-0.3, -0.25) is 4.79 Å². The first kappa shape index (κ1) is 14.4. The highest BCUT2D eigenvalue weighted by Crippen LogP contribution is 2.06. The first-order valence-corrected chi connectivity index (χ1v) is 6.53. The minimum absolute atomic E-state index is 0.161. The zero-order valence-electron chi connectivity index (χ0n) is 11.1. The number of nitrogen functional groups attached to an aromatic ring is 1. The lowest BCUT2D eigenvalue weighted by atomic mass is 10.1. The van der Waals surface area contributed by atoms with Gasteiger partial charge in [0.2, 0.25) is 0 Å². The van der Waals surface area contributed by atoms with Crippen LogP contribution in [-0.4, -0.2) is 22.1 Å². The predicted octanol–water partition coefficient (Wildman–Crippen LogP) is 2.15. The molecule has 0 aromatic carbocycles. The van der Waals surface area contributed by atoms with Crippen molar-refractivity contribution in [3.63, 3.8) is 0 Å². The average Bonchev–Trinajstić information content (AvgIpc) is 2.35. The van der Waals surface area contributed by atoms with Gasteiger partial charge in [0.15, 0.2) is 5.69 Å². The molecule has 0 radical (unpaired) electrons. The number of hydrogen-bond acceptors (Lipinski definition) is 4. The van der Waals surface area contributed by atoms with Crippen molar-refractivity contribution in [1.82, 2.24) is 15.5 Å². The molecule has 0 spiro atoms. The maximum atomic E-state index is 11.8. The van der Waals surface area contributed by atoms with E-state index in [-0.39, 0.29) is 11.9 Å². The number of aromatic nitrogens is 2. The number of carbonyl (C=O) groups excluding carboxylic acids is 1. The second kappa shape index (κ2) is 7.63. The number of anilines is 1. The van der Waals surface area contributed by atoms with Gasteiger partial charge in [-0.25, -0.2) is 0 Å². The molecule has 3 N–H and O–H groups in total. The van der Waals surface area contributed by atoms with Crippen LogP contribution in [0.25, 0.3) is 0 Å². The summed E-state index contributed by atoms with van der Waals surface area (Å²) < 4.78 is 0. The van der Waals surface area contributed by atoms with Crippen LogP contribution >= 0.6 is 0 Å². The van der Waals surface area contributed by atoms with E-state index in [4.69, 9.17) is 5.73 Å². The molecule has 1 aromatic heterocycles. The van der Waals surface area contributed by atoms with Gasteiger partial charge in [0.05, 0.1) is 0 Å². The fourth-order valence-electron chi connectivity index (χ4n) is 1.71. The molecular formula is C13H22N4O. The van der Waals surface area contributed by atoms with Crippen LogP contribution in [0.4, 0.5) is 5.82 Å². The Morgan fingerprint density at radius 1 is 1.33 bits per heavy atom. The molecule has 0 saturated heterocycles. The Morgan fingerprint density at radius 2 is 2.11 bits per heavy atom. The summed E-state index contributed by atoms with van der Waals surface area (Å²) in [6.07, 6.45) is 5.83. The largest absolute Gasteiger partial charge is 0.382 e. The van der Waals surface area contributed by atoms with Crippen LogP contribution < -0.4 is 11.1 Å². The van der Waals surface area contributed by atoms with Crippen molar-refractivity contribution in [2.24, 2.45) is 0 Å². The molecule has 18 heavy (non-hydrogen) atoms. The Balaban J connectivity index is 2.33. The number of hydrogen-bond donors (Lipinski definition) is 2. The summed E-state index contributed by atoms with van der Waals surface area (Å²) in [5.41, 5.74) is 5.73. The van der Waals surface area contributed by atoms with Crippen molar-refractivity contribution in [2.45, 2.75) is 52.0 Å². The third kappa shape index (κ3) is 5.12. The number of amides is 1. The minimum Gasteiger partial charge on any atom is -0.382 e. The van der Waals surface area contributed by atoms with Gasteiger partial charge in [0, 0.05) is 6.04 Å². The Morgan fingerprint density at radius 3 is 2.72 bits per heavy atom. The highest BCUT2D eigenvalue weighted by molar-refractivity contribution is 5.92. The fourth-order valence-corrected chi connectivity index (χ4v) is 1.71. The standard InChI is InChI=1S/C13H22N4O/c1-3-4-5-6-7-10(2)15-13(18)11-8-9-12(14)17-16-11/h8-10H,3-7H2,1-2H3,(H2,14,17)(H,15,18). The summed E-state index contributed by atoms with van der Waals surface area (Å²) in [4.78, 5) is 11.8. The molecule has 0 fully saturated rings. The normalized spacial score (nSPS) is 12.1. The average molecular weight is 250 g/mol. The monoisotopic (exact) mass is 250 g/mol. The van der Waals surface area contributed by atoms with Gasteiger partial charge in [0.25, 0.3) is 5.91 Å². The van der Waals surface area contributed by atoms with Crippen molar-refractivity contribution in [3.05, 3.63) is 17.8 Å². The zero-order chi connectivity index (χ0) is 13.4. The van der Waals surface area contributed by atoms with Crippen LogP contribution in [0, 0.1) is 0 Å². The number of nitrogens with zero attached hydrogens (tertiary/aromatic N) is 2. The third-order valence-electron chi connectivity index (χ3n) is 2.79. The Bertz CT molecular complexity index is 364. The highest BCUT2D eigenvalue weighted by Gasteiger charge is 2.11. The van der Waals surface area contributed by atoms with Gasteiger partial charge in [0.1, 0.15) is 5.82 Å². The van der Waals surface area contributed by atoms with Gasteiger partial charge in [-0.15, -0.1) is 10.2 Å². The van der Waals surface area contributed by atoms with Crippen LogP contribution in [0.1, 0.15) is 56.4 Å². The molecule has 0 saturated carbocycles.